The van der Waals surface area contributed by atoms with Crippen molar-refractivity contribution in [3.05, 3.63) is 110 Å². The fourth-order valence-corrected chi connectivity index (χ4v) is 3.94. The van der Waals surface area contributed by atoms with Gasteiger partial charge in [0.05, 0.1) is 24.2 Å². The molecule has 0 aliphatic heterocycles. The van der Waals surface area contributed by atoms with Crippen molar-refractivity contribution in [2.75, 3.05) is 0 Å². The predicted octanol–water partition coefficient (Wildman–Crippen LogP) is -0.527. The van der Waals surface area contributed by atoms with Crippen LogP contribution in [0.3, 0.4) is 0 Å². The number of aromatic nitrogens is 10. The van der Waals surface area contributed by atoms with Crippen LogP contribution in [0.2, 0.25) is 0 Å². The number of aliphatic carboxylic acids is 4. The van der Waals surface area contributed by atoms with E-state index in [0.717, 1.165) is 47.8 Å². The van der Waals surface area contributed by atoms with Crippen LogP contribution in [-0.2, 0) is 32.3 Å². The van der Waals surface area contributed by atoms with E-state index in [2.05, 4.69) is 49.0 Å². The quantitative estimate of drug-likeness (QED) is 0.0887. The first-order valence-corrected chi connectivity index (χ1v) is 14.9. The fourth-order valence-electron chi connectivity index (χ4n) is 3.94. The van der Waals surface area contributed by atoms with Crippen molar-refractivity contribution in [2.24, 2.45) is 0 Å². The number of carbonyl (C=O) groups is 4. The summed E-state index contributed by atoms with van der Waals surface area (Å²) in [6, 6.07) is 11.8. The van der Waals surface area contributed by atoms with E-state index in [1.165, 1.54) is 0 Å². The largest absolute Gasteiger partial charge is 0.550 e. The van der Waals surface area contributed by atoms with Crippen LogP contribution in [0.15, 0.2) is 98.4 Å². The molecule has 0 unspecified atom stereocenters. The highest BCUT2D eigenvalue weighted by Gasteiger charge is 2.17. The van der Waals surface area contributed by atoms with Gasteiger partial charge in [-0.3, -0.25) is 19.6 Å². The second-order valence-electron chi connectivity index (χ2n) is 9.92. The molecule has 0 aromatic carbocycles. The molecule has 0 aliphatic rings. The van der Waals surface area contributed by atoms with E-state index >= 15 is 0 Å². The molecule has 6 rings (SSSR count). The van der Waals surface area contributed by atoms with E-state index < -0.39 is 36.7 Å². The summed E-state index contributed by atoms with van der Waals surface area (Å²) in [4.78, 5) is 67.9. The monoisotopic (exact) mass is 686 g/mol. The Hall–Kier alpha value is -6.98. The van der Waals surface area contributed by atoms with Gasteiger partial charge in [-0.15, -0.1) is 0 Å². The van der Waals surface area contributed by atoms with Crippen LogP contribution < -0.4 is 19.3 Å². The number of imidazole rings is 4. The van der Waals surface area contributed by atoms with Gasteiger partial charge in [-0.05, 0) is 37.1 Å². The lowest BCUT2D eigenvalue weighted by Gasteiger charge is -2.00. The second kappa shape index (κ2) is 20.3. The standard InChI is InChI=1S/2C12H11N5.2C4H6O4/c2*1-2-4-13-10(3-1)9-17-8-7-16-12(17)11-14-5-6-15-11;2*5-3(6)1-2-4(7)8/h2*1-8H,9H2,(H,14,15,16);2*1-2H2,(H,5,6)(H,7,8). The number of carbonyl (C=O) groups excluding carboxylic acids is 2. The molecule has 0 saturated carbocycles. The van der Waals surface area contributed by atoms with Crippen LogP contribution in [0.5, 0.6) is 0 Å². The van der Waals surface area contributed by atoms with Gasteiger partial charge in [-0.1, -0.05) is 12.1 Å². The molecule has 0 spiro atoms. The summed E-state index contributed by atoms with van der Waals surface area (Å²) in [6.07, 6.45) is 16.9. The van der Waals surface area contributed by atoms with Gasteiger partial charge in [-0.2, -0.15) is 0 Å². The highest BCUT2D eigenvalue weighted by molar-refractivity contribution is 5.75. The lowest BCUT2D eigenvalue weighted by atomic mass is 10.3. The Labute approximate surface area is 284 Å². The number of nitrogens with one attached hydrogen (secondary N) is 4. The van der Waals surface area contributed by atoms with E-state index in [4.69, 9.17) is 10.2 Å². The maximum atomic E-state index is 9.64. The predicted molar refractivity (Wildman–Crippen MR) is 168 cm³/mol. The van der Waals surface area contributed by atoms with Crippen LogP contribution in [0.1, 0.15) is 37.1 Å². The first-order valence-electron chi connectivity index (χ1n) is 14.9. The second-order valence-corrected chi connectivity index (χ2v) is 9.92. The van der Waals surface area contributed by atoms with E-state index in [9.17, 15) is 29.4 Å². The van der Waals surface area contributed by atoms with Gasteiger partial charge in [0, 0.05) is 49.1 Å². The summed E-state index contributed by atoms with van der Waals surface area (Å²) < 4.78 is 4.14. The molecule has 0 atom stereocenters. The molecular formula is C32H34N10O8. The third kappa shape index (κ3) is 13.8. The summed E-state index contributed by atoms with van der Waals surface area (Å²) >= 11 is 0. The average Bonchev–Trinajstić information content (AvgIpc) is 3.93. The maximum absolute atomic E-state index is 9.64. The molecule has 6 aromatic rings. The molecular weight excluding hydrogens is 652 g/mol. The highest BCUT2D eigenvalue weighted by atomic mass is 16.4. The minimum Gasteiger partial charge on any atom is -0.550 e. The zero-order valence-corrected chi connectivity index (χ0v) is 26.5. The fraction of sp³-hybridized carbons (Fsp3) is 0.188. The van der Waals surface area contributed by atoms with Crippen LogP contribution >= 0.6 is 0 Å². The summed E-state index contributed by atoms with van der Waals surface area (Å²) in [7, 11) is 0. The lowest BCUT2D eigenvalue weighted by molar-refractivity contribution is -0.676. The number of aromatic amines is 4. The summed E-state index contributed by atoms with van der Waals surface area (Å²) in [5.74, 6) is -1.35. The minimum absolute atomic E-state index is 0.296. The van der Waals surface area contributed by atoms with E-state index in [-0.39, 0.29) is 12.8 Å². The molecule has 18 heteroatoms. The highest BCUT2D eigenvalue weighted by Crippen LogP contribution is 2.07. The van der Waals surface area contributed by atoms with Gasteiger partial charge < -0.3 is 40.0 Å². The van der Waals surface area contributed by atoms with Gasteiger partial charge in [-0.25, -0.2) is 29.1 Å². The van der Waals surface area contributed by atoms with Crippen molar-refractivity contribution in [1.29, 1.82) is 0 Å². The van der Waals surface area contributed by atoms with Gasteiger partial charge >= 0.3 is 23.6 Å². The zero-order valence-electron chi connectivity index (χ0n) is 26.5. The molecule has 18 nitrogen and oxygen atoms in total. The van der Waals surface area contributed by atoms with Crippen molar-refractivity contribution < 1.29 is 48.7 Å². The van der Waals surface area contributed by atoms with E-state index in [1.54, 1.807) is 37.2 Å². The number of nitrogens with zero attached hydrogens (tertiary/aromatic N) is 6. The van der Waals surface area contributed by atoms with Crippen molar-refractivity contribution in [2.45, 2.75) is 38.8 Å². The Morgan fingerprint density at radius 2 is 0.980 bits per heavy atom. The number of carboxylic acid groups (broad SMARTS) is 4. The van der Waals surface area contributed by atoms with Crippen LogP contribution in [0, 0.1) is 0 Å². The number of pyridine rings is 2. The Balaban J connectivity index is 0.000000193. The Morgan fingerprint density at radius 3 is 1.28 bits per heavy atom. The van der Waals surface area contributed by atoms with Gasteiger partial charge in [0.2, 0.25) is 11.6 Å². The van der Waals surface area contributed by atoms with Crippen LogP contribution in [-0.4, -0.2) is 74.0 Å². The molecule has 0 amide bonds. The van der Waals surface area contributed by atoms with Crippen molar-refractivity contribution in [3.63, 3.8) is 0 Å². The lowest BCUT2D eigenvalue weighted by Crippen LogP contribution is -2.35. The molecule has 0 fully saturated rings. The first kappa shape index (κ1) is 37.5. The molecule has 0 saturated heterocycles. The molecule has 0 radical (unpaired) electrons. The average molecular weight is 687 g/mol. The molecule has 0 bridgehead atoms. The van der Waals surface area contributed by atoms with E-state index in [1.807, 2.05) is 61.2 Å². The molecule has 6 aromatic heterocycles. The smallest absolute Gasteiger partial charge is 0.323 e. The Bertz CT molecular complexity index is 1710. The van der Waals surface area contributed by atoms with Crippen molar-refractivity contribution in [1.82, 2.24) is 39.9 Å². The molecule has 0 aliphatic carbocycles. The third-order valence-corrected chi connectivity index (χ3v) is 6.17. The normalized spacial score (nSPS) is 9.92. The summed E-state index contributed by atoms with van der Waals surface area (Å²) in [5.41, 5.74) is 2.04. The Kier molecular flexibility index (Phi) is 15.2. The summed E-state index contributed by atoms with van der Waals surface area (Å²) in [6.45, 7) is 1.45. The SMILES string of the molecule is O=C(O)CCC(=O)O.O=C([O-])CCC(=O)[O-].c1ccc(C[n+]2cc[nH]c2-c2ncc[nH]2)nc1.c1ccc(C[n+]2cc[nH]c2-c2ncc[nH]2)nc1. The Morgan fingerprint density at radius 1 is 0.560 bits per heavy atom. The minimum atomic E-state index is -1.37. The topological polar surface area (TPSA) is 277 Å². The number of H-pyrrole nitrogens is 4. The van der Waals surface area contributed by atoms with Gasteiger partial charge in [0.1, 0.15) is 37.9 Å². The van der Waals surface area contributed by atoms with Crippen LogP contribution in [0.25, 0.3) is 23.3 Å². The number of rotatable bonds is 12. The third-order valence-electron chi connectivity index (χ3n) is 6.17. The number of hydrogen-bond acceptors (Lipinski definition) is 10. The molecule has 6 heterocycles. The molecule has 260 valence electrons. The van der Waals surface area contributed by atoms with Gasteiger partial charge in [0.15, 0.2) is 0 Å². The number of carboxylic acids is 4. The summed E-state index contributed by atoms with van der Waals surface area (Å²) in [5, 5.41) is 34.8. The number of hydrogen-bond donors (Lipinski definition) is 6. The maximum Gasteiger partial charge on any atom is 0.323 e. The molecule has 6 N–H and O–H groups in total. The van der Waals surface area contributed by atoms with Crippen molar-refractivity contribution >= 4 is 23.9 Å². The van der Waals surface area contributed by atoms with E-state index in [0.29, 0.717) is 0 Å². The van der Waals surface area contributed by atoms with Crippen LogP contribution in [0.4, 0.5) is 0 Å². The van der Waals surface area contributed by atoms with Crippen molar-refractivity contribution in [3.8, 4) is 23.3 Å². The zero-order chi connectivity index (χ0) is 36.1. The first-order chi connectivity index (χ1) is 24.1. The van der Waals surface area contributed by atoms with Gasteiger partial charge in [0.25, 0.3) is 0 Å². The molecule has 50 heavy (non-hydrogen) atoms.